The summed E-state index contributed by atoms with van der Waals surface area (Å²) in [6.07, 6.45) is 40.6. The van der Waals surface area contributed by atoms with Gasteiger partial charge in [0.1, 0.15) is 5.84 Å². The van der Waals surface area contributed by atoms with E-state index < -0.39 is 5.84 Å². The average molecular weight is 578 g/mol. The predicted octanol–water partition coefficient (Wildman–Crippen LogP) is 13.6. The quantitative estimate of drug-likeness (QED) is 0.0613. The van der Waals surface area contributed by atoms with Gasteiger partial charge in [0.25, 0.3) is 0 Å². The lowest BCUT2D eigenvalue weighted by molar-refractivity contribution is 0.535. The molecule has 0 fully saturated rings. The molecule has 0 amide bonds. The third kappa shape index (κ3) is 30.8. The largest absolute Gasteiger partial charge is 0.312 e. The molecule has 0 atom stereocenters. The van der Waals surface area contributed by atoms with Gasteiger partial charge in [-0.25, -0.2) is 0 Å². The molecule has 0 bridgehead atoms. The van der Waals surface area contributed by atoms with Crippen LogP contribution in [0.3, 0.4) is 0 Å². The lowest BCUT2D eigenvalue weighted by atomic mass is 10.0. The van der Waals surface area contributed by atoms with Crippen LogP contribution >= 0.6 is 21.3 Å². The van der Waals surface area contributed by atoms with E-state index in [1.54, 1.807) is 0 Å². The van der Waals surface area contributed by atoms with Gasteiger partial charge in [-0.2, -0.15) is 0 Å². The smallest absolute Gasteiger partial charge is 0.148 e. The summed E-state index contributed by atoms with van der Waals surface area (Å²) in [5.74, 6) is -2.05. The van der Waals surface area contributed by atoms with Crippen LogP contribution in [0.2, 0.25) is 0 Å². The summed E-state index contributed by atoms with van der Waals surface area (Å²) in [7, 11) is 0. The minimum atomic E-state index is -2.05. The molecule has 0 aromatic rings. The lowest BCUT2D eigenvalue weighted by Crippen LogP contribution is -1.92. The molecule has 1 nitrogen and oxygen atoms in total. The maximum absolute atomic E-state index is 12.8. The van der Waals surface area contributed by atoms with Crippen molar-refractivity contribution in [2.45, 2.75) is 194 Å². The van der Waals surface area contributed by atoms with Crippen molar-refractivity contribution in [1.82, 2.24) is 0 Å². The first-order valence-electron chi connectivity index (χ1n) is 16.4. The standard InChI is InChI=1S/C32H66BrOP/c1-3-5-7-9-11-13-15-17-19-21-23-25-27-29-31-35(33,34)32-30-28-26-24-22-20-18-16-14-12-10-8-6-4-2/h3-32H2,1-2H3. The minimum Gasteiger partial charge on any atom is -0.312 e. The maximum atomic E-state index is 12.8. The molecular weight excluding hydrogens is 511 g/mol. The molecule has 35 heavy (non-hydrogen) atoms. The zero-order chi connectivity index (χ0) is 25.7. The Morgan fingerprint density at radius 3 is 0.714 bits per heavy atom. The molecule has 0 saturated heterocycles. The van der Waals surface area contributed by atoms with E-state index in [1.165, 1.54) is 167 Å². The summed E-state index contributed by atoms with van der Waals surface area (Å²) in [4.78, 5) is 0. The van der Waals surface area contributed by atoms with Gasteiger partial charge in [-0.15, -0.1) is 0 Å². The molecule has 0 aliphatic heterocycles. The predicted molar refractivity (Wildman–Crippen MR) is 167 cm³/mol. The van der Waals surface area contributed by atoms with Crippen LogP contribution in [0.4, 0.5) is 0 Å². The first-order chi connectivity index (χ1) is 17.1. The van der Waals surface area contributed by atoms with Crippen molar-refractivity contribution in [2.24, 2.45) is 0 Å². The Hall–Kier alpha value is 0.710. The molecule has 0 aliphatic carbocycles. The van der Waals surface area contributed by atoms with E-state index in [2.05, 4.69) is 29.3 Å². The van der Waals surface area contributed by atoms with E-state index in [-0.39, 0.29) is 0 Å². The van der Waals surface area contributed by atoms with Crippen LogP contribution in [-0.4, -0.2) is 12.3 Å². The van der Waals surface area contributed by atoms with Gasteiger partial charge in [0, 0.05) is 12.3 Å². The Labute approximate surface area is 231 Å². The van der Waals surface area contributed by atoms with Gasteiger partial charge in [-0.3, -0.25) is 0 Å². The van der Waals surface area contributed by atoms with E-state index in [0.29, 0.717) is 0 Å². The van der Waals surface area contributed by atoms with Crippen LogP contribution in [0, 0.1) is 0 Å². The van der Waals surface area contributed by atoms with Crippen LogP contribution in [0.5, 0.6) is 0 Å². The van der Waals surface area contributed by atoms with E-state index in [9.17, 15) is 4.57 Å². The second-order valence-electron chi connectivity index (χ2n) is 11.4. The molecule has 0 unspecified atom stereocenters. The number of rotatable bonds is 30. The van der Waals surface area contributed by atoms with Crippen LogP contribution < -0.4 is 0 Å². The third-order valence-corrected chi connectivity index (χ3v) is 11.8. The number of hydrogen-bond acceptors (Lipinski definition) is 1. The van der Waals surface area contributed by atoms with Crippen LogP contribution in [0.15, 0.2) is 0 Å². The summed E-state index contributed by atoms with van der Waals surface area (Å²) in [6, 6.07) is 0. The van der Waals surface area contributed by atoms with E-state index in [1.807, 2.05) is 0 Å². The summed E-state index contributed by atoms with van der Waals surface area (Å²) in [5, 5.41) is 0. The highest BCUT2D eigenvalue weighted by molar-refractivity contribution is 9.40. The topological polar surface area (TPSA) is 17.1 Å². The van der Waals surface area contributed by atoms with Gasteiger partial charge in [-0.05, 0) is 28.3 Å². The Morgan fingerprint density at radius 2 is 0.514 bits per heavy atom. The first kappa shape index (κ1) is 35.7. The highest BCUT2D eigenvalue weighted by Crippen LogP contribution is 2.55. The molecule has 0 aliphatic rings. The molecule has 0 spiro atoms. The molecule has 0 aromatic carbocycles. The van der Waals surface area contributed by atoms with Crippen molar-refractivity contribution in [1.29, 1.82) is 0 Å². The molecular formula is C32H66BrOP. The second kappa shape index (κ2) is 29.3. The summed E-state index contributed by atoms with van der Waals surface area (Å²) in [5.41, 5.74) is 0. The minimum absolute atomic E-state index is 0.920. The Balaban J connectivity index is 3.28. The van der Waals surface area contributed by atoms with Crippen molar-refractivity contribution in [3.8, 4) is 0 Å². The average Bonchev–Trinajstić information content (AvgIpc) is 2.84. The molecule has 0 saturated carbocycles. The SMILES string of the molecule is CCCCCCCCCCCCCCCCP(=O)(Br)CCCCCCCCCCCCCCCC. The third-order valence-electron chi connectivity index (χ3n) is 7.69. The van der Waals surface area contributed by atoms with Crippen molar-refractivity contribution >= 4 is 21.3 Å². The van der Waals surface area contributed by atoms with Gasteiger partial charge in [-0.1, -0.05) is 181 Å². The van der Waals surface area contributed by atoms with Crippen LogP contribution in [-0.2, 0) is 4.57 Å². The number of halogens is 1. The number of hydrogen-bond donors (Lipinski definition) is 0. The molecule has 0 aromatic heterocycles. The summed E-state index contributed by atoms with van der Waals surface area (Å²) < 4.78 is 12.8. The van der Waals surface area contributed by atoms with Gasteiger partial charge >= 0.3 is 0 Å². The van der Waals surface area contributed by atoms with Gasteiger partial charge in [0.15, 0.2) is 0 Å². The molecule has 0 rings (SSSR count). The highest BCUT2D eigenvalue weighted by atomic mass is 79.9. The zero-order valence-electron chi connectivity index (χ0n) is 24.4. The Bertz CT molecular complexity index is 403. The molecule has 0 radical (unpaired) electrons. The molecule has 0 heterocycles. The first-order valence-corrected chi connectivity index (χ1v) is 20.5. The fraction of sp³-hybridized carbons (Fsp3) is 1.00. The summed E-state index contributed by atoms with van der Waals surface area (Å²) in [6.45, 7) is 4.58. The monoisotopic (exact) mass is 576 g/mol. The summed E-state index contributed by atoms with van der Waals surface area (Å²) >= 11 is 3.61. The molecule has 3 heteroatoms. The van der Waals surface area contributed by atoms with Crippen molar-refractivity contribution < 1.29 is 4.57 Å². The molecule has 0 N–H and O–H groups in total. The van der Waals surface area contributed by atoms with Crippen LogP contribution in [0.25, 0.3) is 0 Å². The maximum Gasteiger partial charge on any atom is 0.148 e. The lowest BCUT2D eigenvalue weighted by Gasteiger charge is -2.11. The highest BCUT2D eigenvalue weighted by Gasteiger charge is 2.16. The molecule has 212 valence electrons. The van der Waals surface area contributed by atoms with Crippen molar-refractivity contribution in [3.05, 3.63) is 0 Å². The Morgan fingerprint density at radius 1 is 0.343 bits per heavy atom. The second-order valence-corrected chi connectivity index (χ2v) is 17.8. The van der Waals surface area contributed by atoms with Crippen molar-refractivity contribution in [3.63, 3.8) is 0 Å². The van der Waals surface area contributed by atoms with E-state index >= 15 is 0 Å². The van der Waals surface area contributed by atoms with Crippen LogP contribution in [0.1, 0.15) is 194 Å². The van der Waals surface area contributed by atoms with Gasteiger partial charge in [0.05, 0.1) is 0 Å². The zero-order valence-corrected chi connectivity index (χ0v) is 26.9. The van der Waals surface area contributed by atoms with E-state index in [0.717, 1.165) is 25.2 Å². The Kier molecular flexibility index (Phi) is 29.9. The van der Waals surface area contributed by atoms with Gasteiger partial charge < -0.3 is 4.57 Å². The fourth-order valence-electron chi connectivity index (χ4n) is 5.20. The van der Waals surface area contributed by atoms with Gasteiger partial charge in [0.2, 0.25) is 0 Å². The fourth-order valence-corrected chi connectivity index (χ4v) is 8.32. The number of unbranched alkanes of at least 4 members (excludes halogenated alkanes) is 26. The van der Waals surface area contributed by atoms with E-state index in [4.69, 9.17) is 0 Å². The normalized spacial score (nSPS) is 12.0. The van der Waals surface area contributed by atoms with Crippen molar-refractivity contribution in [2.75, 3.05) is 12.3 Å².